The predicted octanol–water partition coefficient (Wildman–Crippen LogP) is 1.11. The molecule has 0 saturated carbocycles. The van der Waals surface area contributed by atoms with Crippen molar-refractivity contribution in [3.05, 3.63) is 36.2 Å². The van der Waals surface area contributed by atoms with E-state index in [9.17, 15) is 8.42 Å². The van der Waals surface area contributed by atoms with E-state index in [1.807, 2.05) is 0 Å². The van der Waals surface area contributed by atoms with Gasteiger partial charge in [-0.15, -0.1) is 0 Å². The lowest BCUT2D eigenvalue weighted by Gasteiger charge is -2.22. The van der Waals surface area contributed by atoms with Crippen LogP contribution in [0.15, 0.2) is 29.4 Å². The van der Waals surface area contributed by atoms with E-state index in [4.69, 9.17) is 4.74 Å². The van der Waals surface area contributed by atoms with Crippen molar-refractivity contribution in [2.45, 2.75) is 36.9 Å². The highest BCUT2D eigenvalue weighted by atomic mass is 32.2. The first-order valence-corrected chi connectivity index (χ1v) is 9.44. The Labute approximate surface area is 144 Å². The Morgan fingerprint density at radius 3 is 3.20 bits per heavy atom. The molecule has 0 radical (unpaired) electrons. The number of fused-ring (bicyclic) bond motifs is 2. The first kappa shape index (κ1) is 16.2. The summed E-state index contributed by atoms with van der Waals surface area (Å²) in [7, 11) is -2.15. The van der Waals surface area contributed by atoms with E-state index in [1.54, 1.807) is 30.1 Å². The summed E-state index contributed by atoms with van der Waals surface area (Å²) in [5.41, 5.74) is 0.539. The number of hydrogen-bond acceptors (Lipinski definition) is 6. The average Bonchev–Trinajstić information content (AvgIpc) is 3.19. The van der Waals surface area contributed by atoms with Crippen LogP contribution in [0.25, 0.3) is 11.0 Å². The minimum atomic E-state index is -3.72. The van der Waals surface area contributed by atoms with Crippen LogP contribution in [-0.4, -0.2) is 40.3 Å². The molecule has 132 valence electrons. The predicted molar refractivity (Wildman–Crippen MR) is 89.1 cm³/mol. The van der Waals surface area contributed by atoms with Gasteiger partial charge in [0.1, 0.15) is 23.0 Å². The summed E-state index contributed by atoms with van der Waals surface area (Å²) in [5, 5.41) is 4.93. The lowest BCUT2D eigenvalue weighted by atomic mass is 10.1. The number of aryl methyl sites for hydroxylation is 1. The highest BCUT2D eigenvalue weighted by molar-refractivity contribution is 7.89. The first-order valence-electron chi connectivity index (χ1n) is 7.95. The van der Waals surface area contributed by atoms with Crippen molar-refractivity contribution in [2.24, 2.45) is 0 Å². The van der Waals surface area contributed by atoms with E-state index < -0.39 is 16.1 Å². The number of H-pyrrole nitrogens is 1. The van der Waals surface area contributed by atoms with E-state index >= 15 is 0 Å². The lowest BCUT2D eigenvalue weighted by Crippen LogP contribution is -2.33. The molecule has 0 bridgehead atoms. The van der Waals surface area contributed by atoms with Crippen LogP contribution < -0.4 is 4.72 Å². The highest BCUT2D eigenvalue weighted by Gasteiger charge is 2.30. The van der Waals surface area contributed by atoms with Gasteiger partial charge in [0.2, 0.25) is 10.0 Å². The third kappa shape index (κ3) is 2.92. The molecule has 0 aliphatic carbocycles. The van der Waals surface area contributed by atoms with Gasteiger partial charge < -0.3 is 9.72 Å². The molecule has 4 rings (SSSR count). The minimum Gasteiger partial charge on any atom is -0.377 e. The van der Waals surface area contributed by atoms with Gasteiger partial charge in [0.15, 0.2) is 5.82 Å². The smallest absolute Gasteiger partial charge is 0.243 e. The van der Waals surface area contributed by atoms with Crippen molar-refractivity contribution in [3.63, 3.8) is 0 Å². The van der Waals surface area contributed by atoms with Crippen LogP contribution in [0.2, 0.25) is 0 Å². The van der Waals surface area contributed by atoms with Gasteiger partial charge in [-0.1, -0.05) is 0 Å². The molecule has 1 atom stereocenters. The van der Waals surface area contributed by atoms with Gasteiger partial charge in [-0.25, -0.2) is 27.8 Å². The van der Waals surface area contributed by atoms with Crippen LogP contribution in [0, 0.1) is 0 Å². The number of sulfonamides is 1. The lowest BCUT2D eigenvalue weighted by molar-refractivity contribution is 0.177. The molecule has 2 N–H and O–H groups in total. The number of rotatable bonds is 5. The number of aromatic nitrogens is 5. The van der Waals surface area contributed by atoms with Crippen LogP contribution >= 0.6 is 0 Å². The Hall–Kier alpha value is -2.30. The molecule has 1 aliphatic rings. The summed E-state index contributed by atoms with van der Waals surface area (Å²) >= 11 is 0. The molecule has 0 spiro atoms. The zero-order chi connectivity index (χ0) is 17.4. The third-order valence-electron chi connectivity index (χ3n) is 4.19. The van der Waals surface area contributed by atoms with Gasteiger partial charge in [-0.3, -0.25) is 0 Å². The van der Waals surface area contributed by atoms with Crippen molar-refractivity contribution in [2.75, 3.05) is 7.11 Å². The summed E-state index contributed by atoms with van der Waals surface area (Å²) < 4.78 is 35.3. The summed E-state index contributed by atoms with van der Waals surface area (Å²) in [4.78, 5) is 11.6. The Kier molecular flexibility index (Phi) is 4.02. The minimum absolute atomic E-state index is 0.185. The molecule has 25 heavy (non-hydrogen) atoms. The molecule has 1 aliphatic heterocycles. The molecular weight excluding hydrogens is 344 g/mol. The highest BCUT2D eigenvalue weighted by Crippen LogP contribution is 2.27. The van der Waals surface area contributed by atoms with Crippen molar-refractivity contribution >= 4 is 21.1 Å². The summed E-state index contributed by atoms with van der Waals surface area (Å²) in [6, 6.07) is 3.02. The summed E-state index contributed by atoms with van der Waals surface area (Å²) in [6.45, 7) is 1.02. The van der Waals surface area contributed by atoms with E-state index in [2.05, 4.69) is 24.8 Å². The van der Waals surface area contributed by atoms with Crippen LogP contribution in [0.1, 0.15) is 30.5 Å². The summed E-state index contributed by atoms with van der Waals surface area (Å²) in [6.07, 6.45) is 4.57. The number of ether oxygens (including phenoxy) is 1. The van der Waals surface area contributed by atoms with E-state index in [0.29, 0.717) is 35.7 Å². The molecule has 10 heteroatoms. The van der Waals surface area contributed by atoms with Gasteiger partial charge in [0.05, 0.1) is 6.04 Å². The van der Waals surface area contributed by atoms with Crippen molar-refractivity contribution in [1.29, 1.82) is 0 Å². The molecule has 0 unspecified atom stereocenters. The number of aromatic amines is 1. The molecule has 9 nitrogen and oxygen atoms in total. The standard InChI is InChI=1S/C15H18N6O3S/c1-24-9-13-18-15-11(5-3-7-21(15)19-13)20-25(22,23)12-8-17-14-10(12)4-2-6-16-14/h2,4,6,8,11,20H,3,5,7,9H2,1H3,(H,16,17)/t11-/m0/s1. The first-order chi connectivity index (χ1) is 12.1. The SMILES string of the molecule is COCc1nc2n(n1)CCC[C@@H]2NS(=O)(=O)c1c[nH]c2ncccc12. The fraction of sp³-hybridized carbons (Fsp3) is 0.400. The van der Waals surface area contributed by atoms with Crippen molar-refractivity contribution < 1.29 is 13.2 Å². The maximum absolute atomic E-state index is 12.9. The van der Waals surface area contributed by atoms with E-state index in [0.717, 1.165) is 13.0 Å². The van der Waals surface area contributed by atoms with Gasteiger partial charge in [-0.2, -0.15) is 5.10 Å². The molecule has 3 aromatic heterocycles. The second-order valence-corrected chi connectivity index (χ2v) is 7.59. The quantitative estimate of drug-likeness (QED) is 0.703. The van der Waals surface area contributed by atoms with E-state index in [-0.39, 0.29) is 4.90 Å². The monoisotopic (exact) mass is 362 g/mol. The van der Waals surface area contributed by atoms with Crippen molar-refractivity contribution in [3.8, 4) is 0 Å². The van der Waals surface area contributed by atoms with Crippen LogP contribution in [0.5, 0.6) is 0 Å². The Morgan fingerprint density at radius 1 is 1.48 bits per heavy atom. The fourth-order valence-corrected chi connectivity index (χ4v) is 4.50. The maximum atomic E-state index is 12.9. The van der Waals surface area contributed by atoms with Gasteiger partial charge in [-0.05, 0) is 25.0 Å². The third-order valence-corrected chi connectivity index (χ3v) is 5.70. The largest absolute Gasteiger partial charge is 0.377 e. The zero-order valence-corrected chi connectivity index (χ0v) is 14.5. The van der Waals surface area contributed by atoms with Gasteiger partial charge in [0.25, 0.3) is 0 Å². The molecule has 0 fully saturated rings. The number of nitrogens with zero attached hydrogens (tertiary/aromatic N) is 4. The second-order valence-electron chi connectivity index (χ2n) is 5.91. The topological polar surface area (TPSA) is 115 Å². The zero-order valence-electron chi connectivity index (χ0n) is 13.6. The number of methoxy groups -OCH3 is 1. The van der Waals surface area contributed by atoms with Gasteiger partial charge in [0, 0.05) is 31.4 Å². The molecule has 3 aromatic rings. The number of pyridine rings is 1. The fourth-order valence-electron chi connectivity index (χ4n) is 3.11. The second kappa shape index (κ2) is 6.21. The maximum Gasteiger partial charge on any atom is 0.243 e. The molecule has 0 aromatic carbocycles. The molecular formula is C15H18N6O3S. The van der Waals surface area contributed by atoms with Crippen LogP contribution in [-0.2, 0) is 27.9 Å². The molecule has 4 heterocycles. The Bertz CT molecular complexity index is 1010. The number of hydrogen-bond donors (Lipinski definition) is 2. The van der Waals surface area contributed by atoms with E-state index in [1.165, 1.54) is 6.20 Å². The molecule has 0 amide bonds. The molecule has 0 saturated heterocycles. The van der Waals surface area contributed by atoms with Gasteiger partial charge >= 0.3 is 0 Å². The Morgan fingerprint density at radius 2 is 2.36 bits per heavy atom. The normalized spacial score (nSPS) is 17.7. The average molecular weight is 362 g/mol. The Balaban J connectivity index is 1.66. The van der Waals surface area contributed by atoms with Crippen LogP contribution in [0.4, 0.5) is 0 Å². The summed E-state index contributed by atoms with van der Waals surface area (Å²) in [5.74, 6) is 1.18. The van der Waals surface area contributed by atoms with Crippen LogP contribution in [0.3, 0.4) is 0 Å². The van der Waals surface area contributed by atoms with Crippen molar-refractivity contribution in [1.82, 2.24) is 29.5 Å². The number of nitrogens with one attached hydrogen (secondary N) is 2.